The Hall–Kier alpha value is -2.02. The lowest BCUT2D eigenvalue weighted by molar-refractivity contribution is -0.145. The van der Waals surface area contributed by atoms with Gasteiger partial charge in [-0.1, -0.05) is 17.7 Å². The Morgan fingerprint density at radius 1 is 1.20 bits per heavy atom. The first-order valence-corrected chi connectivity index (χ1v) is 5.84. The first-order valence-electron chi connectivity index (χ1n) is 5.46. The van der Waals surface area contributed by atoms with E-state index in [-0.39, 0.29) is 17.4 Å². The van der Waals surface area contributed by atoms with Crippen LogP contribution in [-0.2, 0) is 6.18 Å². The van der Waals surface area contributed by atoms with Crippen molar-refractivity contribution >= 4 is 17.4 Å². The Morgan fingerprint density at radius 2 is 1.95 bits per heavy atom. The molecule has 0 aliphatic rings. The number of nitrogens with zero attached hydrogens (tertiary/aromatic N) is 2. The minimum absolute atomic E-state index is 0.00403. The van der Waals surface area contributed by atoms with E-state index in [9.17, 15) is 13.2 Å². The topological polar surface area (TPSA) is 47.0 Å². The molecule has 0 unspecified atom stereocenters. The number of hydrogen-bond acceptors (Lipinski definition) is 4. The smallest absolute Gasteiger partial charge is 0.439 e. The zero-order valence-electron chi connectivity index (χ0n) is 10.2. The van der Waals surface area contributed by atoms with Crippen molar-refractivity contribution in [2.24, 2.45) is 0 Å². The first kappa shape index (κ1) is 14.4. The van der Waals surface area contributed by atoms with Crippen LogP contribution in [0, 0.1) is 0 Å². The Kier molecular flexibility index (Phi) is 3.99. The van der Waals surface area contributed by atoms with E-state index < -0.39 is 12.0 Å². The summed E-state index contributed by atoms with van der Waals surface area (Å²) in [5.74, 6) is -1.21. The van der Waals surface area contributed by atoms with E-state index in [4.69, 9.17) is 16.3 Å². The molecule has 0 saturated heterocycles. The van der Waals surface area contributed by atoms with E-state index in [0.29, 0.717) is 5.02 Å². The molecule has 2 aromatic rings. The van der Waals surface area contributed by atoms with Crippen molar-refractivity contribution in [1.82, 2.24) is 9.97 Å². The SMILES string of the molecule is CNc1cc(Oc2cccc(Cl)c2)nc(C(F)(F)F)n1. The van der Waals surface area contributed by atoms with E-state index in [0.717, 1.165) is 0 Å². The lowest BCUT2D eigenvalue weighted by Gasteiger charge is -2.10. The largest absolute Gasteiger partial charge is 0.451 e. The zero-order chi connectivity index (χ0) is 14.8. The molecule has 0 fully saturated rings. The van der Waals surface area contributed by atoms with Crippen LogP contribution in [0.15, 0.2) is 30.3 Å². The maximum Gasteiger partial charge on any atom is 0.451 e. The third-order valence-electron chi connectivity index (χ3n) is 2.23. The van der Waals surface area contributed by atoms with Gasteiger partial charge in [0.2, 0.25) is 11.7 Å². The van der Waals surface area contributed by atoms with Gasteiger partial charge in [0, 0.05) is 18.1 Å². The summed E-state index contributed by atoms with van der Waals surface area (Å²) in [5, 5.41) is 2.92. The molecule has 1 aromatic heterocycles. The van der Waals surface area contributed by atoms with Crippen LogP contribution in [0.5, 0.6) is 11.6 Å². The molecule has 0 spiro atoms. The van der Waals surface area contributed by atoms with Crippen LogP contribution in [-0.4, -0.2) is 17.0 Å². The van der Waals surface area contributed by atoms with Crippen LogP contribution in [0.1, 0.15) is 5.82 Å². The number of anilines is 1. The highest BCUT2D eigenvalue weighted by molar-refractivity contribution is 6.30. The van der Waals surface area contributed by atoms with E-state index in [1.54, 1.807) is 18.2 Å². The molecule has 20 heavy (non-hydrogen) atoms. The minimum Gasteiger partial charge on any atom is -0.439 e. The Bertz CT molecular complexity index is 619. The maximum absolute atomic E-state index is 12.7. The molecule has 0 amide bonds. The number of halogens is 4. The van der Waals surface area contributed by atoms with E-state index in [1.165, 1.54) is 19.2 Å². The summed E-state index contributed by atoms with van der Waals surface area (Å²) in [6.45, 7) is 0. The molecule has 0 aliphatic heterocycles. The molecule has 2 rings (SSSR count). The summed E-state index contributed by atoms with van der Waals surface area (Å²) in [4.78, 5) is 6.67. The number of nitrogens with one attached hydrogen (secondary N) is 1. The summed E-state index contributed by atoms with van der Waals surface area (Å²) in [5.41, 5.74) is 0. The summed E-state index contributed by atoms with van der Waals surface area (Å²) in [7, 11) is 1.45. The quantitative estimate of drug-likeness (QED) is 0.931. The molecule has 4 nitrogen and oxygen atoms in total. The molecule has 0 aliphatic carbocycles. The number of rotatable bonds is 3. The fraction of sp³-hybridized carbons (Fsp3) is 0.167. The molecule has 0 bridgehead atoms. The fourth-order valence-electron chi connectivity index (χ4n) is 1.38. The van der Waals surface area contributed by atoms with Crippen molar-refractivity contribution in [1.29, 1.82) is 0 Å². The Morgan fingerprint density at radius 3 is 2.55 bits per heavy atom. The van der Waals surface area contributed by atoms with Crippen molar-refractivity contribution in [2.75, 3.05) is 12.4 Å². The van der Waals surface area contributed by atoms with Gasteiger partial charge in [0.05, 0.1) is 0 Å². The second-order valence-electron chi connectivity index (χ2n) is 3.72. The van der Waals surface area contributed by atoms with Crippen LogP contribution in [0.3, 0.4) is 0 Å². The van der Waals surface area contributed by atoms with Gasteiger partial charge >= 0.3 is 6.18 Å². The highest BCUT2D eigenvalue weighted by atomic mass is 35.5. The monoisotopic (exact) mass is 303 g/mol. The second kappa shape index (κ2) is 5.54. The van der Waals surface area contributed by atoms with Crippen LogP contribution in [0.25, 0.3) is 0 Å². The Balaban J connectivity index is 2.36. The first-order chi connectivity index (χ1) is 9.38. The van der Waals surface area contributed by atoms with Crippen LogP contribution < -0.4 is 10.1 Å². The predicted molar refractivity (Wildman–Crippen MR) is 68.1 cm³/mol. The molecule has 1 N–H and O–H groups in total. The molecular weight excluding hydrogens is 295 g/mol. The van der Waals surface area contributed by atoms with Crippen LogP contribution >= 0.6 is 11.6 Å². The normalized spacial score (nSPS) is 11.2. The van der Waals surface area contributed by atoms with Crippen molar-refractivity contribution in [3.05, 3.63) is 41.2 Å². The van der Waals surface area contributed by atoms with Gasteiger partial charge in [-0.2, -0.15) is 18.2 Å². The molecule has 8 heteroatoms. The summed E-state index contributed by atoms with van der Waals surface area (Å²) in [6.07, 6.45) is -4.65. The third kappa shape index (κ3) is 3.51. The molecule has 0 atom stereocenters. The standard InChI is InChI=1S/C12H9ClF3N3O/c1-17-9-6-10(19-11(18-9)12(14,15)16)20-8-4-2-3-7(13)5-8/h2-6H,1H3,(H,17,18,19). The number of ether oxygens (including phenoxy) is 1. The average Bonchev–Trinajstić information content (AvgIpc) is 2.37. The van der Waals surface area contributed by atoms with E-state index in [1.807, 2.05) is 0 Å². The lowest BCUT2D eigenvalue weighted by Crippen LogP contribution is -2.12. The number of aromatic nitrogens is 2. The number of benzene rings is 1. The molecule has 106 valence electrons. The minimum atomic E-state index is -4.65. The van der Waals surface area contributed by atoms with Gasteiger partial charge < -0.3 is 10.1 Å². The van der Waals surface area contributed by atoms with Crippen LogP contribution in [0.4, 0.5) is 19.0 Å². The fourth-order valence-corrected chi connectivity index (χ4v) is 1.56. The highest BCUT2D eigenvalue weighted by Gasteiger charge is 2.35. The van der Waals surface area contributed by atoms with Crippen molar-refractivity contribution in [3.8, 4) is 11.6 Å². The molecule has 1 heterocycles. The predicted octanol–water partition coefficient (Wildman–Crippen LogP) is 3.98. The number of hydrogen-bond donors (Lipinski definition) is 1. The molecular formula is C12H9ClF3N3O. The lowest BCUT2D eigenvalue weighted by atomic mass is 10.3. The second-order valence-corrected chi connectivity index (χ2v) is 4.16. The van der Waals surface area contributed by atoms with Gasteiger partial charge in [-0.15, -0.1) is 0 Å². The van der Waals surface area contributed by atoms with Gasteiger partial charge in [-0.05, 0) is 18.2 Å². The molecule has 1 aromatic carbocycles. The van der Waals surface area contributed by atoms with E-state index >= 15 is 0 Å². The van der Waals surface area contributed by atoms with Gasteiger partial charge in [0.15, 0.2) is 0 Å². The summed E-state index contributed by atoms with van der Waals surface area (Å²) in [6, 6.07) is 7.52. The van der Waals surface area contributed by atoms with Gasteiger partial charge in [-0.25, -0.2) is 4.98 Å². The summed E-state index contributed by atoms with van der Waals surface area (Å²) >= 11 is 5.77. The third-order valence-corrected chi connectivity index (χ3v) is 2.47. The van der Waals surface area contributed by atoms with Crippen molar-refractivity contribution < 1.29 is 17.9 Å². The highest BCUT2D eigenvalue weighted by Crippen LogP contribution is 2.30. The Labute approximate surface area is 117 Å². The number of alkyl halides is 3. The van der Waals surface area contributed by atoms with Gasteiger partial charge in [0.1, 0.15) is 11.6 Å². The maximum atomic E-state index is 12.7. The van der Waals surface area contributed by atoms with Gasteiger partial charge in [-0.3, -0.25) is 0 Å². The van der Waals surface area contributed by atoms with Crippen LogP contribution in [0.2, 0.25) is 5.02 Å². The molecule has 0 radical (unpaired) electrons. The zero-order valence-corrected chi connectivity index (χ0v) is 11.0. The molecule has 0 saturated carbocycles. The van der Waals surface area contributed by atoms with Crippen molar-refractivity contribution in [2.45, 2.75) is 6.18 Å². The van der Waals surface area contributed by atoms with Crippen molar-refractivity contribution in [3.63, 3.8) is 0 Å². The summed E-state index contributed by atoms with van der Waals surface area (Å²) < 4.78 is 43.2. The van der Waals surface area contributed by atoms with Gasteiger partial charge in [0.25, 0.3) is 0 Å². The van der Waals surface area contributed by atoms with E-state index in [2.05, 4.69) is 15.3 Å². The average molecular weight is 304 g/mol.